The molecule has 29 heavy (non-hydrogen) atoms. The van der Waals surface area contributed by atoms with Crippen LogP contribution in [0.3, 0.4) is 0 Å². The van der Waals surface area contributed by atoms with Crippen molar-refractivity contribution in [3.05, 3.63) is 22.4 Å². The summed E-state index contributed by atoms with van der Waals surface area (Å²) in [5, 5.41) is 4.61. The standard InChI is InChI=1S/C20H28F2N4O3/c1-3-25-16(27)15-12-23-17(19(2)8-10-28-11-9-19)26(15)24-18(25)29-13-14-4-6-20(21,22)7-5-14/h12,14H,3-11,13H2,1-2H3. The summed E-state index contributed by atoms with van der Waals surface area (Å²) in [5.74, 6) is -1.79. The van der Waals surface area contributed by atoms with E-state index in [0.717, 1.165) is 18.7 Å². The van der Waals surface area contributed by atoms with E-state index in [4.69, 9.17) is 9.47 Å². The molecule has 1 saturated heterocycles. The van der Waals surface area contributed by atoms with Gasteiger partial charge in [0.05, 0.1) is 12.8 Å². The van der Waals surface area contributed by atoms with Crippen LogP contribution in [0.5, 0.6) is 6.01 Å². The Hall–Kier alpha value is -2.03. The van der Waals surface area contributed by atoms with E-state index in [9.17, 15) is 13.6 Å². The van der Waals surface area contributed by atoms with Gasteiger partial charge in [-0.25, -0.2) is 18.3 Å². The largest absolute Gasteiger partial charge is 0.463 e. The van der Waals surface area contributed by atoms with Gasteiger partial charge in [-0.05, 0) is 38.5 Å². The predicted octanol–water partition coefficient (Wildman–Crippen LogP) is 3.18. The van der Waals surface area contributed by atoms with Gasteiger partial charge < -0.3 is 9.47 Å². The highest BCUT2D eigenvalue weighted by atomic mass is 19.3. The van der Waals surface area contributed by atoms with Crippen LogP contribution in [0.2, 0.25) is 0 Å². The van der Waals surface area contributed by atoms with Crippen molar-refractivity contribution in [2.45, 2.75) is 70.3 Å². The lowest BCUT2D eigenvalue weighted by Crippen LogP contribution is -2.34. The van der Waals surface area contributed by atoms with Crippen LogP contribution in [-0.4, -0.2) is 44.9 Å². The van der Waals surface area contributed by atoms with Gasteiger partial charge in [-0.1, -0.05) is 6.92 Å². The molecule has 0 radical (unpaired) electrons. The van der Waals surface area contributed by atoms with Crippen LogP contribution in [-0.2, 0) is 16.7 Å². The van der Waals surface area contributed by atoms with Crippen LogP contribution in [0.1, 0.15) is 58.2 Å². The molecule has 0 amide bonds. The van der Waals surface area contributed by atoms with Gasteiger partial charge in [0, 0.05) is 38.0 Å². The number of halogens is 2. The van der Waals surface area contributed by atoms with E-state index >= 15 is 0 Å². The van der Waals surface area contributed by atoms with E-state index < -0.39 is 5.92 Å². The van der Waals surface area contributed by atoms with E-state index in [1.165, 1.54) is 4.57 Å². The number of alkyl halides is 2. The number of hydrogen-bond acceptors (Lipinski definition) is 5. The number of ether oxygens (including phenoxy) is 2. The minimum Gasteiger partial charge on any atom is -0.463 e. The second-order valence-corrected chi connectivity index (χ2v) is 8.49. The van der Waals surface area contributed by atoms with Gasteiger partial charge in [-0.2, -0.15) is 0 Å². The predicted molar refractivity (Wildman–Crippen MR) is 103 cm³/mol. The van der Waals surface area contributed by atoms with Crippen molar-refractivity contribution in [3.8, 4) is 6.01 Å². The maximum absolute atomic E-state index is 13.4. The number of nitrogens with zero attached hydrogens (tertiary/aromatic N) is 4. The number of imidazole rings is 1. The summed E-state index contributed by atoms with van der Waals surface area (Å²) in [4.78, 5) is 17.5. The third kappa shape index (κ3) is 3.89. The molecule has 0 atom stereocenters. The van der Waals surface area contributed by atoms with Crippen LogP contribution in [0, 0.1) is 5.92 Å². The smallest absolute Gasteiger partial charge is 0.317 e. The van der Waals surface area contributed by atoms with Gasteiger partial charge in [0.15, 0.2) is 5.52 Å². The molecule has 7 nitrogen and oxygen atoms in total. The van der Waals surface area contributed by atoms with Gasteiger partial charge in [0.25, 0.3) is 5.56 Å². The highest BCUT2D eigenvalue weighted by Crippen LogP contribution is 2.36. The first-order valence-corrected chi connectivity index (χ1v) is 10.4. The molecule has 1 saturated carbocycles. The van der Waals surface area contributed by atoms with Crippen molar-refractivity contribution in [2.24, 2.45) is 5.92 Å². The summed E-state index contributed by atoms with van der Waals surface area (Å²) in [5.41, 5.74) is -0.0179. The van der Waals surface area contributed by atoms with E-state index in [0.29, 0.717) is 38.1 Å². The Morgan fingerprint density at radius 1 is 1.24 bits per heavy atom. The topological polar surface area (TPSA) is 70.7 Å². The molecule has 2 fully saturated rings. The van der Waals surface area contributed by atoms with Crippen LogP contribution < -0.4 is 10.3 Å². The number of fused-ring (bicyclic) bond motifs is 1. The molecule has 0 bridgehead atoms. The molecule has 160 valence electrons. The Morgan fingerprint density at radius 3 is 2.59 bits per heavy atom. The Morgan fingerprint density at radius 2 is 1.93 bits per heavy atom. The zero-order chi connectivity index (χ0) is 20.6. The maximum atomic E-state index is 13.4. The SMILES string of the molecule is CCn1c(OCC2CCC(F)(F)CC2)nn2c(C3(C)CCOCC3)ncc2c1=O. The van der Waals surface area contributed by atoms with Crippen molar-refractivity contribution in [2.75, 3.05) is 19.8 Å². The van der Waals surface area contributed by atoms with Gasteiger partial charge in [0.1, 0.15) is 5.82 Å². The molecule has 0 unspecified atom stereocenters. The van der Waals surface area contributed by atoms with Crippen LogP contribution in [0.25, 0.3) is 5.52 Å². The second kappa shape index (κ2) is 7.66. The normalized spacial score (nSPS) is 22.1. The van der Waals surface area contributed by atoms with Gasteiger partial charge in [-0.15, -0.1) is 5.10 Å². The molecule has 0 spiro atoms. The van der Waals surface area contributed by atoms with Crippen LogP contribution >= 0.6 is 0 Å². The van der Waals surface area contributed by atoms with Crippen LogP contribution in [0.15, 0.2) is 11.0 Å². The zero-order valence-electron chi connectivity index (χ0n) is 17.0. The summed E-state index contributed by atoms with van der Waals surface area (Å²) >= 11 is 0. The Bertz CT molecular complexity index is 924. The molecule has 1 aliphatic carbocycles. The van der Waals surface area contributed by atoms with Gasteiger partial charge in [0.2, 0.25) is 5.92 Å². The van der Waals surface area contributed by atoms with E-state index in [1.807, 2.05) is 6.92 Å². The Labute approximate surface area is 168 Å². The summed E-state index contributed by atoms with van der Waals surface area (Å²) < 4.78 is 41.2. The molecule has 2 aromatic heterocycles. The molecule has 0 aromatic carbocycles. The van der Waals surface area contributed by atoms with Crippen molar-refractivity contribution in [3.63, 3.8) is 0 Å². The second-order valence-electron chi connectivity index (χ2n) is 8.49. The molecule has 0 N–H and O–H groups in total. The van der Waals surface area contributed by atoms with Crippen molar-refractivity contribution < 1.29 is 18.3 Å². The quantitative estimate of drug-likeness (QED) is 0.757. The highest BCUT2D eigenvalue weighted by molar-refractivity contribution is 5.44. The molecule has 3 heterocycles. The monoisotopic (exact) mass is 410 g/mol. The molecule has 2 aliphatic rings. The minimum absolute atomic E-state index is 0.0443. The lowest BCUT2D eigenvalue weighted by atomic mass is 9.82. The fourth-order valence-corrected chi connectivity index (χ4v) is 4.26. The molecular formula is C20H28F2N4O3. The number of rotatable bonds is 5. The third-order valence-corrected chi connectivity index (χ3v) is 6.36. The Balaban J connectivity index is 1.63. The van der Waals surface area contributed by atoms with Gasteiger partial charge in [-0.3, -0.25) is 9.36 Å². The molecule has 9 heteroatoms. The van der Waals surface area contributed by atoms with Crippen molar-refractivity contribution in [1.29, 1.82) is 0 Å². The van der Waals surface area contributed by atoms with E-state index in [-0.39, 0.29) is 42.4 Å². The average molecular weight is 410 g/mol. The first kappa shape index (κ1) is 20.3. The van der Waals surface area contributed by atoms with Crippen molar-refractivity contribution >= 4 is 5.52 Å². The summed E-state index contributed by atoms with van der Waals surface area (Å²) in [7, 11) is 0. The van der Waals surface area contributed by atoms with Gasteiger partial charge >= 0.3 is 6.01 Å². The third-order valence-electron chi connectivity index (χ3n) is 6.36. The van der Waals surface area contributed by atoms with E-state index in [2.05, 4.69) is 17.0 Å². The number of hydrogen-bond donors (Lipinski definition) is 0. The van der Waals surface area contributed by atoms with Crippen molar-refractivity contribution in [1.82, 2.24) is 19.2 Å². The summed E-state index contributed by atoms with van der Waals surface area (Å²) in [6.45, 7) is 5.94. The molecule has 4 rings (SSSR count). The molecule has 2 aromatic rings. The summed E-state index contributed by atoms with van der Waals surface area (Å²) in [6, 6.07) is 0.220. The summed E-state index contributed by atoms with van der Waals surface area (Å²) in [6.07, 6.45) is 3.79. The lowest BCUT2D eigenvalue weighted by Gasteiger charge is -2.32. The number of aromatic nitrogens is 4. The molecule has 1 aliphatic heterocycles. The van der Waals surface area contributed by atoms with E-state index in [1.54, 1.807) is 10.7 Å². The maximum Gasteiger partial charge on any atom is 0.317 e. The first-order chi connectivity index (χ1) is 13.8. The Kier molecular flexibility index (Phi) is 5.35. The first-order valence-electron chi connectivity index (χ1n) is 10.4. The zero-order valence-corrected chi connectivity index (χ0v) is 17.0. The average Bonchev–Trinajstić information content (AvgIpc) is 3.13. The molecular weight excluding hydrogens is 382 g/mol. The fraction of sp³-hybridized carbons (Fsp3) is 0.750. The fourth-order valence-electron chi connectivity index (χ4n) is 4.26. The van der Waals surface area contributed by atoms with Crippen LogP contribution in [0.4, 0.5) is 8.78 Å². The lowest BCUT2D eigenvalue weighted by molar-refractivity contribution is -0.0503. The highest BCUT2D eigenvalue weighted by Gasteiger charge is 2.36. The minimum atomic E-state index is -2.57.